The third kappa shape index (κ3) is 2.57. The highest BCUT2D eigenvalue weighted by atomic mass is 15.2. The Morgan fingerprint density at radius 2 is 2.09 bits per heavy atom. The van der Waals surface area contributed by atoms with Crippen molar-refractivity contribution in [2.24, 2.45) is 0 Å². The number of benzene rings is 1. The van der Waals surface area contributed by atoms with Crippen LogP contribution < -0.4 is 4.90 Å². The molecule has 0 radical (unpaired) electrons. The van der Waals surface area contributed by atoms with E-state index < -0.39 is 0 Å². The van der Waals surface area contributed by atoms with Crippen LogP contribution >= 0.6 is 0 Å². The molecule has 0 saturated heterocycles. The molecule has 3 rings (SSSR count). The zero-order valence-corrected chi connectivity index (χ0v) is 13.4. The van der Waals surface area contributed by atoms with Gasteiger partial charge in [-0.1, -0.05) is 6.07 Å². The van der Waals surface area contributed by atoms with Crippen molar-refractivity contribution in [1.82, 2.24) is 4.98 Å². The second-order valence-electron chi connectivity index (χ2n) is 6.19. The molecule has 0 fully saturated rings. The van der Waals surface area contributed by atoms with Crippen LogP contribution in [-0.4, -0.2) is 17.6 Å². The third-order valence-electron chi connectivity index (χ3n) is 4.28. The van der Waals surface area contributed by atoms with Gasteiger partial charge in [0.1, 0.15) is 0 Å². The lowest BCUT2D eigenvalue weighted by molar-refractivity contribution is 0.625. The maximum absolute atomic E-state index is 9.58. The molecule has 2 heterocycles. The van der Waals surface area contributed by atoms with Crippen LogP contribution in [0.25, 0.3) is 11.3 Å². The molecule has 0 N–H and O–H groups in total. The molecule has 0 atom stereocenters. The standard InChI is InChI=1S/C19H21N3/c1-13(2)22-9-5-7-15-10-17(16(12-20)11-19(15)22)18-8-4-6-14(3)21-18/h4,6,8,10-11,13H,5,7,9H2,1-3H3. The first-order valence-corrected chi connectivity index (χ1v) is 7.88. The van der Waals surface area contributed by atoms with E-state index >= 15 is 0 Å². The molecule has 1 aromatic carbocycles. The summed E-state index contributed by atoms with van der Waals surface area (Å²) in [5.41, 5.74) is 6.08. The molecule has 2 aromatic rings. The van der Waals surface area contributed by atoms with Crippen molar-refractivity contribution in [3.8, 4) is 17.3 Å². The molecule has 0 amide bonds. The van der Waals surface area contributed by atoms with Gasteiger partial charge in [0, 0.05) is 29.5 Å². The summed E-state index contributed by atoms with van der Waals surface area (Å²) in [7, 11) is 0. The second kappa shape index (κ2) is 5.81. The first-order valence-electron chi connectivity index (χ1n) is 7.88. The van der Waals surface area contributed by atoms with Crippen LogP contribution in [-0.2, 0) is 6.42 Å². The molecule has 1 aromatic heterocycles. The monoisotopic (exact) mass is 291 g/mol. The van der Waals surface area contributed by atoms with Crippen molar-refractivity contribution >= 4 is 5.69 Å². The van der Waals surface area contributed by atoms with Gasteiger partial charge in [0.05, 0.1) is 17.3 Å². The van der Waals surface area contributed by atoms with E-state index in [1.54, 1.807) is 0 Å². The van der Waals surface area contributed by atoms with Crippen LogP contribution in [0.1, 0.15) is 37.1 Å². The molecular weight excluding hydrogens is 270 g/mol. The molecule has 0 spiro atoms. The van der Waals surface area contributed by atoms with Crippen LogP contribution in [0.3, 0.4) is 0 Å². The third-order valence-corrected chi connectivity index (χ3v) is 4.28. The van der Waals surface area contributed by atoms with E-state index in [4.69, 9.17) is 0 Å². The van der Waals surface area contributed by atoms with Gasteiger partial charge in [-0.05, 0) is 63.4 Å². The normalized spacial score (nSPS) is 13.9. The summed E-state index contributed by atoms with van der Waals surface area (Å²) >= 11 is 0. The number of pyridine rings is 1. The smallest absolute Gasteiger partial charge is 0.0999 e. The lowest BCUT2D eigenvalue weighted by Crippen LogP contribution is -2.35. The van der Waals surface area contributed by atoms with Gasteiger partial charge < -0.3 is 4.90 Å². The quantitative estimate of drug-likeness (QED) is 0.836. The summed E-state index contributed by atoms with van der Waals surface area (Å²) in [6, 6.07) is 13.0. The van der Waals surface area contributed by atoms with Gasteiger partial charge in [0.2, 0.25) is 0 Å². The molecular formula is C19H21N3. The number of nitriles is 1. The zero-order chi connectivity index (χ0) is 15.7. The maximum Gasteiger partial charge on any atom is 0.0999 e. The Morgan fingerprint density at radius 1 is 1.27 bits per heavy atom. The number of aromatic nitrogens is 1. The molecule has 0 aliphatic carbocycles. The van der Waals surface area contributed by atoms with Crippen molar-refractivity contribution in [3.63, 3.8) is 0 Å². The molecule has 1 aliphatic rings. The lowest BCUT2D eigenvalue weighted by atomic mass is 9.93. The predicted octanol–water partition coefficient (Wildman–Crippen LogP) is 4.09. The average Bonchev–Trinajstić information content (AvgIpc) is 2.52. The summed E-state index contributed by atoms with van der Waals surface area (Å²) in [4.78, 5) is 6.99. The Hall–Kier alpha value is -2.34. The molecule has 112 valence electrons. The number of rotatable bonds is 2. The van der Waals surface area contributed by atoms with Crippen LogP contribution in [0.4, 0.5) is 5.69 Å². The van der Waals surface area contributed by atoms with Crippen molar-refractivity contribution < 1.29 is 0 Å². The molecule has 3 nitrogen and oxygen atoms in total. The Kier molecular flexibility index (Phi) is 3.85. The summed E-state index contributed by atoms with van der Waals surface area (Å²) < 4.78 is 0. The highest BCUT2D eigenvalue weighted by Gasteiger charge is 2.22. The summed E-state index contributed by atoms with van der Waals surface area (Å²) in [6.07, 6.45) is 2.24. The molecule has 0 unspecified atom stereocenters. The van der Waals surface area contributed by atoms with Gasteiger partial charge in [-0.15, -0.1) is 0 Å². The van der Waals surface area contributed by atoms with E-state index in [0.29, 0.717) is 11.6 Å². The summed E-state index contributed by atoms with van der Waals surface area (Å²) in [5, 5.41) is 9.58. The number of fused-ring (bicyclic) bond motifs is 1. The second-order valence-corrected chi connectivity index (χ2v) is 6.19. The fourth-order valence-corrected chi connectivity index (χ4v) is 3.19. The fraction of sp³-hybridized carbons (Fsp3) is 0.368. The first kappa shape index (κ1) is 14.6. The summed E-state index contributed by atoms with van der Waals surface area (Å²) in [5.74, 6) is 0. The zero-order valence-electron chi connectivity index (χ0n) is 13.4. The number of aryl methyl sites for hydroxylation is 2. The van der Waals surface area contributed by atoms with Crippen molar-refractivity contribution in [2.75, 3.05) is 11.4 Å². The summed E-state index contributed by atoms with van der Waals surface area (Å²) in [6.45, 7) is 7.46. The Balaban J connectivity index is 2.16. The van der Waals surface area contributed by atoms with Gasteiger partial charge in [-0.25, -0.2) is 0 Å². The number of hydrogen-bond acceptors (Lipinski definition) is 3. The molecule has 22 heavy (non-hydrogen) atoms. The van der Waals surface area contributed by atoms with Crippen LogP contribution in [0.15, 0.2) is 30.3 Å². The largest absolute Gasteiger partial charge is 0.369 e. The highest BCUT2D eigenvalue weighted by Crippen LogP contribution is 2.34. The minimum Gasteiger partial charge on any atom is -0.369 e. The van der Waals surface area contributed by atoms with E-state index in [-0.39, 0.29) is 0 Å². The average molecular weight is 291 g/mol. The van der Waals surface area contributed by atoms with E-state index in [1.165, 1.54) is 11.3 Å². The first-order chi connectivity index (χ1) is 10.6. The van der Waals surface area contributed by atoms with Gasteiger partial charge in [-0.3, -0.25) is 4.98 Å². The Bertz CT molecular complexity index is 741. The van der Waals surface area contributed by atoms with E-state index in [1.807, 2.05) is 31.2 Å². The topological polar surface area (TPSA) is 39.9 Å². The number of anilines is 1. The molecule has 0 bridgehead atoms. The van der Waals surface area contributed by atoms with Gasteiger partial charge in [0.25, 0.3) is 0 Å². The van der Waals surface area contributed by atoms with Crippen molar-refractivity contribution in [3.05, 3.63) is 47.2 Å². The molecule has 3 heteroatoms. The SMILES string of the molecule is Cc1cccc(-c2cc3c(cc2C#N)N(C(C)C)CCC3)n1. The lowest BCUT2D eigenvalue weighted by Gasteiger charge is -2.35. The maximum atomic E-state index is 9.58. The fourth-order valence-electron chi connectivity index (χ4n) is 3.19. The minimum atomic E-state index is 0.452. The minimum absolute atomic E-state index is 0.452. The molecule has 0 saturated carbocycles. The molecule has 1 aliphatic heterocycles. The van der Waals surface area contributed by atoms with Gasteiger partial charge in [-0.2, -0.15) is 5.26 Å². The number of hydrogen-bond donors (Lipinski definition) is 0. The van der Waals surface area contributed by atoms with E-state index in [9.17, 15) is 5.26 Å². The van der Waals surface area contributed by atoms with Crippen molar-refractivity contribution in [2.45, 2.75) is 39.7 Å². The highest BCUT2D eigenvalue weighted by molar-refractivity contribution is 5.74. The van der Waals surface area contributed by atoms with E-state index in [2.05, 4.69) is 35.9 Å². The van der Waals surface area contributed by atoms with Crippen LogP contribution in [0.5, 0.6) is 0 Å². The van der Waals surface area contributed by atoms with Gasteiger partial charge >= 0.3 is 0 Å². The van der Waals surface area contributed by atoms with E-state index in [0.717, 1.165) is 36.3 Å². The van der Waals surface area contributed by atoms with Crippen LogP contribution in [0.2, 0.25) is 0 Å². The number of nitrogens with zero attached hydrogens (tertiary/aromatic N) is 3. The Morgan fingerprint density at radius 3 is 2.77 bits per heavy atom. The predicted molar refractivity (Wildman–Crippen MR) is 89.9 cm³/mol. The van der Waals surface area contributed by atoms with Crippen LogP contribution in [0, 0.1) is 18.3 Å². The Labute approximate surface area is 132 Å². The van der Waals surface area contributed by atoms with Crippen molar-refractivity contribution in [1.29, 1.82) is 5.26 Å². The van der Waals surface area contributed by atoms with Gasteiger partial charge in [0.15, 0.2) is 0 Å².